The first kappa shape index (κ1) is 8.96. The van der Waals surface area contributed by atoms with Crippen molar-refractivity contribution in [2.75, 3.05) is 0 Å². The molecule has 2 aromatic rings. The molecule has 0 aliphatic carbocycles. The van der Waals surface area contributed by atoms with Crippen LogP contribution in [-0.2, 0) is 7.05 Å². The standard InChI is InChI=1S/C8H7ClN4O/c1-13-7(5(9)4-12-13)6-8(14)11-3-2-10-6/h2-4H,1H3,(H,11,14). The van der Waals surface area contributed by atoms with Gasteiger partial charge >= 0.3 is 0 Å². The normalized spacial score (nSPS) is 10.4. The smallest absolute Gasteiger partial charge is 0.276 e. The highest BCUT2D eigenvalue weighted by Crippen LogP contribution is 2.21. The third-order valence-corrected chi connectivity index (χ3v) is 2.10. The van der Waals surface area contributed by atoms with E-state index in [1.807, 2.05) is 0 Å². The highest BCUT2D eigenvalue weighted by atomic mass is 35.5. The second kappa shape index (κ2) is 3.26. The van der Waals surface area contributed by atoms with Crippen molar-refractivity contribution in [1.82, 2.24) is 19.7 Å². The monoisotopic (exact) mass is 210 g/mol. The van der Waals surface area contributed by atoms with Crippen LogP contribution in [0.2, 0.25) is 5.02 Å². The maximum atomic E-state index is 11.4. The zero-order valence-electron chi connectivity index (χ0n) is 7.36. The Morgan fingerprint density at radius 2 is 2.36 bits per heavy atom. The van der Waals surface area contributed by atoms with Gasteiger partial charge in [-0.25, -0.2) is 4.98 Å². The van der Waals surface area contributed by atoms with Crippen LogP contribution in [-0.4, -0.2) is 19.7 Å². The van der Waals surface area contributed by atoms with Crippen LogP contribution in [0.4, 0.5) is 0 Å². The number of nitrogens with zero attached hydrogens (tertiary/aromatic N) is 3. The minimum absolute atomic E-state index is 0.275. The van der Waals surface area contributed by atoms with Crippen LogP contribution >= 0.6 is 11.6 Å². The lowest BCUT2D eigenvalue weighted by atomic mass is 10.3. The predicted molar refractivity (Wildman–Crippen MR) is 52.1 cm³/mol. The molecule has 2 heterocycles. The summed E-state index contributed by atoms with van der Waals surface area (Å²) in [6.07, 6.45) is 4.45. The van der Waals surface area contributed by atoms with Gasteiger partial charge in [0.2, 0.25) is 0 Å². The topological polar surface area (TPSA) is 63.6 Å². The molecule has 0 unspecified atom stereocenters. The van der Waals surface area contributed by atoms with Crippen LogP contribution < -0.4 is 5.56 Å². The van der Waals surface area contributed by atoms with Gasteiger partial charge < -0.3 is 4.98 Å². The molecule has 0 aromatic carbocycles. The van der Waals surface area contributed by atoms with Crippen molar-refractivity contribution in [3.63, 3.8) is 0 Å². The van der Waals surface area contributed by atoms with Gasteiger partial charge in [-0.15, -0.1) is 0 Å². The number of hydrogen-bond acceptors (Lipinski definition) is 3. The fraction of sp³-hybridized carbons (Fsp3) is 0.125. The molecule has 2 rings (SSSR count). The Hall–Kier alpha value is -1.62. The van der Waals surface area contributed by atoms with Crippen molar-refractivity contribution < 1.29 is 0 Å². The van der Waals surface area contributed by atoms with Gasteiger partial charge in [0.15, 0.2) is 5.69 Å². The molecule has 0 fully saturated rings. The van der Waals surface area contributed by atoms with Crippen LogP contribution in [0.5, 0.6) is 0 Å². The SMILES string of the molecule is Cn1ncc(Cl)c1-c1ncc[nH]c1=O. The summed E-state index contributed by atoms with van der Waals surface area (Å²) in [4.78, 5) is 17.9. The number of aryl methyl sites for hydroxylation is 1. The molecule has 0 spiro atoms. The average molecular weight is 211 g/mol. The minimum Gasteiger partial charge on any atom is -0.326 e. The van der Waals surface area contributed by atoms with Gasteiger partial charge in [0.1, 0.15) is 5.69 Å². The maximum Gasteiger partial charge on any atom is 0.276 e. The van der Waals surface area contributed by atoms with E-state index in [0.29, 0.717) is 10.7 Å². The van der Waals surface area contributed by atoms with Gasteiger partial charge in [-0.1, -0.05) is 11.6 Å². The fourth-order valence-electron chi connectivity index (χ4n) is 1.20. The van der Waals surface area contributed by atoms with Crippen LogP contribution in [0, 0.1) is 0 Å². The van der Waals surface area contributed by atoms with E-state index in [-0.39, 0.29) is 11.3 Å². The summed E-state index contributed by atoms with van der Waals surface area (Å²) in [5, 5.41) is 4.34. The van der Waals surface area contributed by atoms with E-state index in [1.54, 1.807) is 7.05 Å². The summed E-state index contributed by atoms with van der Waals surface area (Å²) in [7, 11) is 1.70. The number of nitrogens with one attached hydrogen (secondary N) is 1. The molecule has 14 heavy (non-hydrogen) atoms. The van der Waals surface area contributed by atoms with Crippen molar-refractivity contribution in [3.8, 4) is 11.4 Å². The lowest BCUT2D eigenvalue weighted by Crippen LogP contribution is -2.12. The predicted octanol–water partition coefficient (Wildman–Crippen LogP) is 0.824. The molecule has 6 heteroatoms. The van der Waals surface area contributed by atoms with Crippen LogP contribution in [0.1, 0.15) is 0 Å². The largest absolute Gasteiger partial charge is 0.326 e. The Morgan fingerprint density at radius 3 is 2.93 bits per heavy atom. The Kier molecular flexibility index (Phi) is 2.09. The van der Waals surface area contributed by atoms with Crippen molar-refractivity contribution in [2.24, 2.45) is 7.05 Å². The number of rotatable bonds is 1. The number of H-pyrrole nitrogens is 1. The first-order chi connectivity index (χ1) is 6.70. The molecule has 5 nitrogen and oxygen atoms in total. The molecule has 0 aliphatic heterocycles. The Bertz CT molecular complexity index is 497. The second-order valence-electron chi connectivity index (χ2n) is 2.73. The molecule has 1 N–H and O–H groups in total. The average Bonchev–Trinajstić information content (AvgIpc) is 2.48. The molecule has 2 aromatic heterocycles. The highest BCUT2D eigenvalue weighted by Gasteiger charge is 2.13. The van der Waals surface area contributed by atoms with Crippen molar-refractivity contribution in [1.29, 1.82) is 0 Å². The quantitative estimate of drug-likeness (QED) is 0.758. The Balaban J connectivity index is 2.72. The fourth-order valence-corrected chi connectivity index (χ4v) is 1.45. The van der Waals surface area contributed by atoms with Crippen molar-refractivity contribution in [3.05, 3.63) is 34.0 Å². The molecule has 0 saturated carbocycles. The summed E-state index contributed by atoms with van der Waals surface area (Å²) < 4.78 is 1.51. The van der Waals surface area contributed by atoms with Crippen LogP contribution in [0.3, 0.4) is 0 Å². The van der Waals surface area contributed by atoms with Gasteiger partial charge in [0.05, 0.1) is 11.2 Å². The molecule has 0 radical (unpaired) electrons. The summed E-state index contributed by atoms with van der Waals surface area (Å²) in [5.41, 5.74) is 0.518. The number of aromatic nitrogens is 4. The maximum absolute atomic E-state index is 11.4. The molecular formula is C8H7ClN4O. The molecular weight excluding hydrogens is 204 g/mol. The van der Waals surface area contributed by atoms with Gasteiger partial charge in [-0.05, 0) is 0 Å². The number of halogens is 1. The molecule has 72 valence electrons. The van der Waals surface area contributed by atoms with Crippen molar-refractivity contribution >= 4 is 11.6 Å². The molecule has 0 aliphatic rings. The first-order valence-electron chi connectivity index (χ1n) is 3.91. The Morgan fingerprint density at radius 1 is 1.57 bits per heavy atom. The zero-order valence-corrected chi connectivity index (χ0v) is 8.12. The Labute approximate surface area is 84.4 Å². The van der Waals surface area contributed by atoms with E-state index in [4.69, 9.17) is 11.6 Å². The van der Waals surface area contributed by atoms with E-state index in [1.165, 1.54) is 23.3 Å². The molecule has 0 atom stereocenters. The molecule has 0 bridgehead atoms. The number of aromatic amines is 1. The minimum atomic E-state index is -0.280. The zero-order chi connectivity index (χ0) is 10.1. The van der Waals surface area contributed by atoms with Crippen LogP contribution in [0.25, 0.3) is 11.4 Å². The van der Waals surface area contributed by atoms with E-state index < -0.39 is 0 Å². The van der Waals surface area contributed by atoms with Crippen molar-refractivity contribution in [2.45, 2.75) is 0 Å². The summed E-state index contributed by atoms with van der Waals surface area (Å²) in [5.74, 6) is 0. The van der Waals surface area contributed by atoms with Gasteiger partial charge in [0, 0.05) is 19.4 Å². The molecule has 0 amide bonds. The van der Waals surface area contributed by atoms with Gasteiger partial charge in [0.25, 0.3) is 5.56 Å². The van der Waals surface area contributed by atoms with E-state index in [2.05, 4.69) is 15.1 Å². The third kappa shape index (κ3) is 1.31. The van der Waals surface area contributed by atoms with E-state index >= 15 is 0 Å². The highest BCUT2D eigenvalue weighted by molar-refractivity contribution is 6.32. The molecule has 0 saturated heterocycles. The van der Waals surface area contributed by atoms with Crippen LogP contribution in [0.15, 0.2) is 23.4 Å². The second-order valence-corrected chi connectivity index (χ2v) is 3.14. The van der Waals surface area contributed by atoms with Gasteiger partial charge in [-0.2, -0.15) is 5.10 Å². The summed E-state index contributed by atoms with van der Waals surface area (Å²) in [6, 6.07) is 0. The summed E-state index contributed by atoms with van der Waals surface area (Å²) in [6.45, 7) is 0. The first-order valence-corrected chi connectivity index (χ1v) is 4.29. The van der Waals surface area contributed by atoms with E-state index in [9.17, 15) is 4.79 Å². The number of hydrogen-bond donors (Lipinski definition) is 1. The summed E-state index contributed by atoms with van der Waals surface area (Å²) >= 11 is 5.88. The van der Waals surface area contributed by atoms with Gasteiger partial charge in [-0.3, -0.25) is 9.48 Å². The van der Waals surface area contributed by atoms with E-state index in [0.717, 1.165) is 0 Å². The third-order valence-electron chi connectivity index (χ3n) is 1.83. The lowest BCUT2D eigenvalue weighted by Gasteiger charge is -1.99. The lowest BCUT2D eigenvalue weighted by molar-refractivity contribution is 0.771.